The topological polar surface area (TPSA) is 135 Å². The number of benzene rings is 2. The summed E-state index contributed by atoms with van der Waals surface area (Å²) in [5.41, 5.74) is 2.89. The molecule has 2 unspecified atom stereocenters. The highest BCUT2D eigenvalue weighted by Gasteiger charge is 2.51. The van der Waals surface area contributed by atoms with Gasteiger partial charge in [0.25, 0.3) is 0 Å². The van der Waals surface area contributed by atoms with Crippen LogP contribution in [0.3, 0.4) is 0 Å². The van der Waals surface area contributed by atoms with Crippen molar-refractivity contribution in [2.24, 2.45) is 0 Å². The normalized spacial score (nSPS) is 22.4. The lowest BCUT2D eigenvalue weighted by Gasteiger charge is -2.31. The summed E-state index contributed by atoms with van der Waals surface area (Å²) in [7, 11) is 0. The average molecular weight is 634 g/mol. The summed E-state index contributed by atoms with van der Waals surface area (Å²) >= 11 is 6.53. The van der Waals surface area contributed by atoms with Gasteiger partial charge < -0.3 is 23.8 Å². The molecule has 0 amide bonds. The minimum atomic E-state index is -1.10. The van der Waals surface area contributed by atoms with Gasteiger partial charge in [-0.1, -0.05) is 60.7 Å². The lowest BCUT2D eigenvalue weighted by Crippen LogP contribution is -2.40. The Hall–Kier alpha value is -4.55. The molecular formula is C32H32ClN5O7. The molecule has 0 aliphatic carbocycles. The number of aromatic nitrogens is 4. The number of hydrogen-bond donors (Lipinski definition) is 0. The van der Waals surface area contributed by atoms with Gasteiger partial charge in [0, 0.05) is 39.3 Å². The highest BCUT2D eigenvalue weighted by molar-refractivity contribution is 6.28. The highest BCUT2D eigenvalue weighted by atomic mass is 35.5. The fraction of sp³-hybridized carbons (Fsp3) is 0.375. The Balaban J connectivity index is 1.39. The molecule has 0 bridgehead atoms. The minimum Gasteiger partial charge on any atom is -0.463 e. The summed E-state index contributed by atoms with van der Waals surface area (Å²) in [5, 5.41) is -0.00814. The van der Waals surface area contributed by atoms with E-state index in [1.165, 1.54) is 38.2 Å². The molecule has 6 rings (SSSR count). The van der Waals surface area contributed by atoms with E-state index in [1.54, 1.807) is 4.57 Å². The van der Waals surface area contributed by atoms with Crippen LogP contribution in [0.2, 0.25) is 5.28 Å². The lowest BCUT2D eigenvalue weighted by molar-refractivity contribution is -0.166. The number of hydrogen-bond acceptors (Lipinski definition) is 11. The van der Waals surface area contributed by atoms with Crippen molar-refractivity contribution in [3.05, 3.63) is 83.4 Å². The first kappa shape index (κ1) is 30.5. The van der Waals surface area contributed by atoms with Crippen LogP contribution in [0.25, 0.3) is 11.2 Å². The number of rotatable bonds is 8. The van der Waals surface area contributed by atoms with E-state index in [-0.39, 0.29) is 17.3 Å². The fourth-order valence-electron chi connectivity index (χ4n) is 6.34. The quantitative estimate of drug-likeness (QED) is 0.158. The molecule has 0 radical (unpaired) electrons. The van der Waals surface area contributed by atoms with Crippen molar-refractivity contribution in [3.8, 4) is 0 Å². The molecule has 4 heterocycles. The maximum Gasteiger partial charge on any atom is 0.303 e. The van der Waals surface area contributed by atoms with E-state index in [9.17, 15) is 14.4 Å². The van der Waals surface area contributed by atoms with Crippen LogP contribution in [-0.2, 0) is 38.7 Å². The standard InChI is InChI=1S/C32H32ClN5O7/c1-19(39)42-16-24-26(43-20(2)40)27(44-21(3)41)30(45-24)38-18-34-25-28(35-31(33)36-29(25)38)37-15-14-32(17-37,22-10-6-4-7-11-22)23-12-8-5-9-13-23/h4-13,18,24,26-27,30H,14-17H2,1-3H3/t24-,26?,27?,30-/m1/s1. The molecule has 4 atom stereocenters. The molecule has 4 aromatic rings. The van der Waals surface area contributed by atoms with Gasteiger partial charge >= 0.3 is 17.9 Å². The molecule has 2 aliphatic heterocycles. The SMILES string of the molecule is CC(=O)OC[C@H]1O[C@@H](n2cnc3c(N4CCC(c5ccccc5)(c5ccccc5)C4)nc(Cl)nc32)C(OC(C)=O)C1OC(C)=O. The Morgan fingerprint density at radius 2 is 1.53 bits per heavy atom. The Kier molecular flexibility index (Phi) is 8.43. The van der Waals surface area contributed by atoms with Gasteiger partial charge in [0.05, 0.1) is 6.33 Å². The molecule has 2 aliphatic rings. The molecule has 0 N–H and O–H groups in total. The first-order valence-corrected chi connectivity index (χ1v) is 14.9. The third-order valence-electron chi connectivity index (χ3n) is 8.21. The summed E-state index contributed by atoms with van der Waals surface area (Å²) in [6.45, 7) is 4.78. The number of carbonyl (C=O) groups is 3. The summed E-state index contributed by atoms with van der Waals surface area (Å²) in [6, 6.07) is 20.8. The van der Waals surface area contributed by atoms with Gasteiger partial charge in [-0.3, -0.25) is 19.0 Å². The molecule has 0 saturated carbocycles. The van der Waals surface area contributed by atoms with Crippen molar-refractivity contribution >= 4 is 46.5 Å². The second kappa shape index (κ2) is 12.4. The Bertz CT molecular complexity index is 1680. The third-order valence-corrected chi connectivity index (χ3v) is 8.38. The Morgan fingerprint density at radius 1 is 0.911 bits per heavy atom. The van der Waals surface area contributed by atoms with Gasteiger partial charge in [-0.25, -0.2) is 4.98 Å². The zero-order valence-electron chi connectivity index (χ0n) is 25.0. The Morgan fingerprint density at radius 3 is 2.13 bits per heavy atom. The van der Waals surface area contributed by atoms with Gasteiger partial charge in [-0.15, -0.1) is 0 Å². The predicted octanol–water partition coefficient (Wildman–Crippen LogP) is 4.00. The Labute approximate surface area is 264 Å². The molecule has 2 fully saturated rings. The predicted molar refractivity (Wildman–Crippen MR) is 162 cm³/mol. The maximum absolute atomic E-state index is 12.2. The van der Waals surface area contributed by atoms with E-state index in [1.807, 2.05) is 36.4 Å². The van der Waals surface area contributed by atoms with Crippen molar-refractivity contribution in [2.75, 3.05) is 24.6 Å². The molecule has 0 spiro atoms. The summed E-state index contributed by atoms with van der Waals surface area (Å²) in [5.74, 6) is -1.23. The van der Waals surface area contributed by atoms with E-state index in [2.05, 4.69) is 44.1 Å². The smallest absolute Gasteiger partial charge is 0.303 e. The van der Waals surface area contributed by atoms with Crippen LogP contribution in [0.1, 0.15) is 44.5 Å². The van der Waals surface area contributed by atoms with Crippen LogP contribution in [0.4, 0.5) is 5.82 Å². The van der Waals surface area contributed by atoms with Crippen molar-refractivity contribution < 1.29 is 33.3 Å². The fourth-order valence-corrected chi connectivity index (χ4v) is 6.50. The summed E-state index contributed by atoms with van der Waals surface area (Å²) < 4.78 is 24.1. The van der Waals surface area contributed by atoms with Crippen LogP contribution in [0.5, 0.6) is 0 Å². The van der Waals surface area contributed by atoms with Gasteiger partial charge in [0.15, 0.2) is 35.4 Å². The highest BCUT2D eigenvalue weighted by Crippen LogP contribution is 2.44. The average Bonchev–Trinajstić information content (AvgIpc) is 3.73. The van der Waals surface area contributed by atoms with Crippen LogP contribution >= 0.6 is 11.6 Å². The zero-order chi connectivity index (χ0) is 31.7. The molecule has 12 nitrogen and oxygen atoms in total. The molecule has 2 aromatic heterocycles. The number of halogens is 1. The number of anilines is 1. The number of ether oxygens (including phenoxy) is 4. The van der Waals surface area contributed by atoms with Gasteiger partial charge in [0.1, 0.15) is 12.7 Å². The van der Waals surface area contributed by atoms with E-state index >= 15 is 0 Å². The second-order valence-corrected chi connectivity index (χ2v) is 11.5. The van der Waals surface area contributed by atoms with Crippen LogP contribution in [0.15, 0.2) is 67.0 Å². The first-order chi connectivity index (χ1) is 21.7. The van der Waals surface area contributed by atoms with Crippen LogP contribution in [-0.4, -0.2) is 75.4 Å². The number of fused-ring (bicyclic) bond motifs is 1. The van der Waals surface area contributed by atoms with E-state index in [4.69, 9.17) is 30.5 Å². The van der Waals surface area contributed by atoms with Gasteiger partial charge in [-0.05, 0) is 29.1 Å². The van der Waals surface area contributed by atoms with Crippen LogP contribution < -0.4 is 4.90 Å². The van der Waals surface area contributed by atoms with Crippen molar-refractivity contribution in [2.45, 2.75) is 57.1 Å². The zero-order valence-corrected chi connectivity index (χ0v) is 25.7. The van der Waals surface area contributed by atoms with Crippen molar-refractivity contribution in [1.82, 2.24) is 19.5 Å². The molecule has 234 valence electrons. The molecular weight excluding hydrogens is 602 g/mol. The van der Waals surface area contributed by atoms with E-state index in [0.29, 0.717) is 30.1 Å². The monoisotopic (exact) mass is 633 g/mol. The van der Waals surface area contributed by atoms with Gasteiger partial charge in [-0.2, -0.15) is 9.97 Å². The summed E-state index contributed by atoms with van der Waals surface area (Å²) in [4.78, 5) is 51.7. The second-order valence-electron chi connectivity index (χ2n) is 11.1. The minimum absolute atomic E-state index is 0.00814. The molecule has 2 saturated heterocycles. The first-order valence-electron chi connectivity index (χ1n) is 14.6. The number of nitrogens with zero attached hydrogens (tertiary/aromatic N) is 5. The number of esters is 3. The number of imidazole rings is 1. The van der Waals surface area contributed by atoms with E-state index in [0.717, 1.165) is 6.42 Å². The van der Waals surface area contributed by atoms with Crippen LogP contribution in [0, 0.1) is 0 Å². The summed E-state index contributed by atoms with van der Waals surface area (Å²) in [6.07, 6.45) is -1.81. The third kappa shape index (κ3) is 5.95. The van der Waals surface area contributed by atoms with Gasteiger partial charge in [0.2, 0.25) is 5.28 Å². The molecule has 2 aromatic carbocycles. The molecule has 13 heteroatoms. The molecule has 45 heavy (non-hydrogen) atoms. The largest absolute Gasteiger partial charge is 0.463 e. The van der Waals surface area contributed by atoms with Crippen molar-refractivity contribution in [3.63, 3.8) is 0 Å². The van der Waals surface area contributed by atoms with E-state index < -0.39 is 42.4 Å². The maximum atomic E-state index is 12.2. The van der Waals surface area contributed by atoms with Crippen molar-refractivity contribution in [1.29, 1.82) is 0 Å². The number of carbonyl (C=O) groups excluding carboxylic acids is 3. The lowest BCUT2D eigenvalue weighted by atomic mass is 9.74.